The number of nitrogens with zero attached hydrogens (tertiary/aromatic N) is 3. The molecule has 0 atom stereocenters. The van der Waals surface area contributed by atoms with Crippen LogP contribution in [-0.2, 0) is 21.3 Å². The smallest absolute Gasteiger partial charge is 0.168 e. The van der Waals surface area contributed by atoms with Gasteiger partial charge in [-0.1, -0.05) is 35.5 Å². The Morgan fingerprint density at radius 1 is 1.00 bits per heavy atom. The van der Waals surface area contributed by atoms with E-state index in [9.17, 15) is 0 Å². The fourth-order valence-corrected chi connectivity index (χ4v) is 4.68. The maximum atomic E-state index is 5.96. The zero-order chi connectivity index (χ0) is 17.5. The van der Waals surface area contributed by atoms with Gasteiger partial charge in [-0.3, -0.25) is 0 Å². The van der Waals surface area contributed by atoms with E-state index in [1.165, 1.54) is 18.4 Å². The van der Waals surface area contributed by atoms with Crippen LogP contribution in [0, 0.1) is 0 Å². The molecule has 3 fully saturated rings. The molecule has 3 aliphatic rings. The first-order chi connectivity index (χ1) is 12.8. The molecule has 1 spiro atoms. The third-order valence-corrected chi connectivity index (χ3v) is 6.51. The largest absolute Gasteiger partial charge is 0.348 e. The quantitative estimate of drug-likeness (QED) is 0.820. The summed E-state index contributed by atoms with van der Waals surface area (Å²) in [7, 11) is 0. The maximum Gasteiger partial charge on any atom is 0.168 e. The first kappa shape index (κ1) is 16.5. The highest BCUT2D eigenvalue weighted by Crippen LogP contribution is 2.48. The summed E-state index contributed by atoms with van der Waals surface area (Å²) in [6.45, 7) is 1.48. The third-order valence-electron chi connectivity index (χ3n) is 6.51. The summed E-state index contributed by atoms with van der Waals surface area (Å²) in [4.78, 5) is 0. The van der Waals surface area contributed by atoms with Crippen molar-refractivity contribution < 1.29 is 9.47 Å². The highest BCUT2D eigenvalue weighted by Gasteiger charge is 2.46. The van der Waals surface area contributed by atoms with Gasteiger partial charge in [-0.15, -0.1) is 5.10 Å². The molecule has 2 saturated carbocycles. The number of rotatable bonds is 5. The van der Waals surface area contributed by atoms with Gasteiger partial charge in [-0.25, -0.2) is 4.68 Å². The van der Waals surface area contributed by atoms with Gasteiger partial charge in [-0.2, -0.15) is 0 Å². The average Bonchev–Trinajstić information content (AvgIpc) is 3.26. The van der Waals surface area contributed by atoms with Gasteiger partial charge in [0.15, 0.2) is 5.79 Å². The van der Waals surface area contributed by atoms with E-state index in [0.29, 0.717) is 6.04 Å². The van der Waals surface area contributed by atoms with Gasteiger partial charge >= 0.3 is 0 Å². The summed E-state index contributed by atoms with van der Waals surface area (Å²) >= 11 is 0. The molecule has 1 saturated heterocycles. The Kier molecular flexibility index (Phi) is 4.09. The Balaban J connectivity index is 1.34. The number of benzene rings is 1. The molecule has 2 heterocycles. The van der Waals surface area contributed by atoms with Crippen LogP contribution in [0.1, 0.15) is 62.2 Å². The molecular formula is C21H27N3O2. The molecule has 2 aromatic rings. The van der Waals surface area contributed by atoms with E-state index in [1.54, 1.807) is 0 Å². The lowest BCUT2D eigenvalue weighted by Crippen LogP contribution is -2.42. The Morgan fingerprint density at radius 2 is 1.73 bits per heavy atom. The molecule has 0 radical (unpaired) electrons. The summed E-state index contributed by atoms with van der Waals surface area (Å²) in [5, 5.41) is 8.74. The highest BCUT2D eigenvalue weighted by molar-refractivity contribution is 5.27. The van der Waals surface area contributed by atoms with E-state index >= 15 is 0 Å². The Bertz CT molecular complexity index is 738. The van der Waals surface area contributed by atoms with Crippen LogP contribution in [0.15, 0.2) is 36.5 Å². The Labute approximate surface area is 154 Å². The lowest BCUT2D eigenvalue weighted by Gasteiger charge is -2.44. The first-order valence-electron chi connectivity index (χ1n) is 10.0. The van der Waals surface area contributed by atoms with Crippen LogP contribution in [0.2, 0.25) is 0 Å². The lowest BCUT2D eigenvalue weighted by atomic mass is 9.65. The predicted octanol–water partition coefficient (Wildman–Crippen LogP) is 3.80. The highest BCUT2D eigenvalue weighted by atomic mass is 16.7. The van der Waals surface area contributed by atoms with Crippen molar-refractivity contribution >= 4 is 0 Å². The molecule has 0 unspecified atom stereocenters. The zero-order valence-electron chi connectivity index (χ0n) is 15.3. The van der Waals surface area contributed by atoms with Crippen molar-refractivity contribution in [2.75, 3.05) is 13.2 Å². The van der Waals surface area contributed by atoms with Gasteiger partial charge in [0, 0.05) is 19.0 Å². The summed E-state index contributed by atoms with van der Waals surface area (Å²) < 4.78 is 14.0. The molecule has 1 aliphatic heterocycles. The van der Waals surface area contributed by atoms with Gasteiger partial charge in [0.25, 0.3) is 0 Å². The van der Waals surface area contributed by atoms with E-state index in [1.807, 2.05) is 0 Å². The molecule has 1 aromatic carbocycles. The fraction of sp³-hybridized carbons (Fsp3) is 0.619. The van der Waals surface area contributed by atoms with Crippen LogP contribution in [0.3, 0.4) is 0 Å². The molecule has 2 aliphatic carbocycles. The van der Waals surface area contributed by atoms with Crippen molar-refractivity contribution in [3.8, 4) is 0 Å². The van der Waals surface area contributed by atoms with Crippen molar-refractivity contribution in [3.63, 3.8) is 0 Å². The molecule has 5 rings (SSSR count). The summed E-state index contributed by atoms with van der Waals surface area (Å²) in [6, 6.07) is 11.6. The number of hydrogen-bond donors (Lipinski definition) is 0. The lowest BCUT2D eigenvalue weighted by molar-refractivity contribution is -0.185. The van der Waals surface area contributed by atoms with Gasteiger partial charge in [0.05, 0.1) is 24.9 Å². The second-order valence-electron chi connectivity index (χ2n) is 8.18. The van der Waals surface area contributed by atoms with Crippen LogP contribution in [0.5, 0.6) is 0 Å². The van der Waals surface area contributed by atoms with E-state index in [4.69, 9.17) is 9.47 Å². The summed E-state index contributed by atoms with van der Waals surface area (Å²) in [5.74, 6) is -0.312. The van der Waals surface area contributed by atoms with Crippen molar-refractivity contribution in [1.29, 1.82) is 0 Å². The van der Waals surface area contributed by atoms with E-state index < -0.39 is 0 Å². The molecule has 5 nitrogen and oxygen atoms in total. The van der Waals surface area contributed by atoms with Crippen molar-refractivity contribution in [3.05, 3.63) is 47.8 Å². The second-order valence-corrected chi connectivity index (χ2v) is 8.18. The van der Waals surface area contributed by atoms with E-state index in [0.717, 1.165) is 57.4 Å². The maximum absolute atomic E-state index is 5.96. The Morgan fingerprint density at radius 3 is 2.42 bits per heavy atom. The fourth-order valence-electron chi connectivity index (χ4n) is 4.68. The van der Waals surface area contributed by atoms with Gasteiger partial charge < -0.3 is 9.47 Å². The normalized spacial score (nSPS) is 24.2. The molecule has 26 heavy (non-hydrogen) atoms. The van der Waals surface area contributed by atoms with Gasteiger partial charge in [0.1, 0.15) is 0 Å². The van der Waals surface area contributed by atoms with Crippen LogP contribution in [-0.4, -0.2) is 34.0 Å². The molecule has 5 heteroatoms. The number of hydrogen-bond acceptors (Lipinski definition) is 4. The van der Waals surface area contributed by atoms with Crippen molar-refractivity contribution in [2.24, 2.45) is 0 Å². The minimum Gasteiger partial charge on any atom is -0.348 e. The summed E-state index contributed by atoms with van der Waals surface area (Å²) in [6.07, 6.45) is 10.9. The minimum absolute atomic E-state index is 0.186. The standard InChI is InChI=1S/C21H27N3O2/c1-2-4-17(5-3-1)20(10-12-21(13-11-20)25-14-15-26-21)9-8-18-16-24(23-22-18)19-6-7-19/h1-5,16,19H,6-15H2. The number of aryl methyl sites for hydroxylation is 1. The van der Waals surface area contributed by atoms with Crippen molar-refractivity contribution in [2.45, 2.75) is 68.6 Å². The first-order valence-corrected chi connectivity index (χ1v) is 10.0. The minimum atomic E-state index is -0.312. The topological polar surface area (TPSA) is 49.2 Å². The molecule has 138 valence electrons. The van der Waals surface area contributed by atoms with Crippen LogP contribution in [0.25, 0.3) is 0 Å². The SMILES string of the molecule is c1ccc(C2(CCc3cn(C4CC4)nn3)CCC3(CC2)OCCO3)cc1. The van der Waals surface area contributed by atoms with E-state index in [2.05, 4.69) is 51.5 Å². The van der Waals surface area contributed by atoms with Crippen LogP contribution >= 0.6 is 0 Å². The Hall–Kier alpha value is -1.72. The molecular weight excluding hydrogens is 326 g/mol. The second kappa shape index (κ2) is 6.46. The van der Waals surface area contributed by atoms with E-state index in [-0.39, 0.29) is 11.2 Å². The van der Waals surface area contributed by atoms with Crippen LogP contribution in [0.4, 0.5) is 0 Å². The zero-order valence-corrected chi connectivity index (χ0v) is 15.3. The molecule has 1 aromatic heterocycles. The van der Waals surface area contributed by atoms with Gasteiger partial charge in [0.2, 0.25) is 0 Å². The molecule has 0 N–H and O–H groups in total. The predicted molar refractivity (Wildman–Crippen MR) is 97.8 cm³/mol. The monoisotopic (exact) mass is 353 g/mol. The third kappa shape index (κ3) is 3.08. The van der Waals surface area contributed by atoms with Crippen molar-refractivity contribution in [1.82, 2.24) is 15.0 Å². The summed E-state index contributed by atoms with van der Waals surface area (Å²) in [5.41, 5.74) is 2.76. The number of ether oxygens (including phenoxy) is 2. The number of aromatic nitrogens is 3. The van der Waals surface area contributed by atoms with Gasteiger partial charge in [-0.05, 0) is 49.5 Å². The van der Waals surface area contributed by atoms with Crippen LogP contribution < -0.4 is 0 Å². The molecule has 0 amide bonds. The average molecular weight is 353 g/mol. The molecule has 0 bridgehead atoms.